The van der Waals surface area contributed by atoms with Crippen LogP contribution in [-0.4, -0.2) is 18.5 Å². The number of carbonyl (C=O) groups excluding carboxylic acids is 1. The highest BCUT2D eigenvalue weighted by molar-refractivity contribution is 5.54. The molecule has 1 aromatic carbocycles. The van der Waals surface area contributed by atoms with Crippen molar-refractivity contribution in [1.82, 2.24) is 0 Å². The van der Waals surface area contributed by atoms with E-state index in [1.807, 2.05) is 0 Å². The predicted octanol–water partition coefficient (Wildman–Crippen LogP) is 3.41. The lowest BCUT2D eigenvalue weighted by Crippen LogP contribution is -2.44. The third kappa shape index (κ3) is 2.64. The summed E-state index contributed by atoms with van der Waals surface area (Å²) in [7, 11) is 0. The van der Waals surface area contributed by atoms with Crippen LogP contribution in [0.4, 0.5) is 0 Å². The van der Waals surface area contributed by atoms with E-state index >= 15 is 0 Å². The predicted molar refractivity (Wildman–Crippen MR) is 72.8 cm³/mol. The van der Waals surface area contributed by atoms with Crippen molar-refractivity contribution < 1.29 is 9.53 Å². The third-order valence-corrected chi connectivity index (χ3v) is 3.98. The quantitative estimate of drug-likeness (QED) is 0.764. The fourth-order valence-electron chi connectivity index (χ4n) is 3.08. The van der Waals surface area contributed by atoms with Crippen LogP contribution >= 0.6 is 0 Å². The first-order valence-electron chi connectivity index (χ1n) is 6.62. The minimum absolute atomic E-state index is 0.0444. The largest absolute Gasteiger partial charge is 0.376 e. The summed E-state index contributed by atoms with van der Waals surface area (Å²) in [5, 5.41) is 0. The van der Waals surface area contributed by atoms with Crippen LogP contribution in [0.15, 0.2) is 24.3 Å². The summed E-state index contributed by atoms with van der Waals surface area (Å²) in [5.41, 5.74) is 2.34. The molecule has 1 saturated heterocycles. The molecule has 1 heterocycles. The Balaban J connectivity index is 2.37. The van der Waals surface area contributed by atoms with E-state index in [2.05, 4.69) is 45.0 Å². The van der Waals surface area contributed by atoms with E-state index in [-0.39, 0.29) is 11.0 Å². The number of benzene rings is 1. The molecule has 0 radical (unpaired) electrons. The molecule has 1 unspecified atom stereocenters. The van der Waals surface area contributed by atoms with E-state index < -0.39 is 0 Å². The number of hydrogen-bond donors (Lipinski definition) is 0. The molecule has 1 aliphatic heterocycles. The summed E-state index contributed by atoms with van der Waals surface area (Å²) in [5.74, 6) is 0. The molecule has 0 saturated carbocycles. The van der Waals surface area contributed by atoms with Crippen LogP contribution in [-0.2, 0) is 14.9 Å². The molecular weight excluding hydrogens is 224 g/mol. The lowest BCUT2D eigenvalue weighted by molar-refractivity contribution is -0.114. The van der Waals surface area contributed by atoms with Gasteiger partial charge in [-0.2, -0.15) is 0 Å². The van der Waals surface area contributed by atoms with Gasteiger partial charge in [0.25, 0.3) is 0 Å². The zero-order chi connectivity index (χ0) is 13.2. The van der Waals surface area contributed by atoms with Gasteiger partial charge in [-0.1, -0.05) is 29.8 Å². The lowest BCUT2D eigenvalue weighted by Gasteiger charge is -2.44. The molecule has 1 atom stereocenters. The Kier molecular flexibility index (Phi) is 3.58. The average Bonchev–Trinajstić information content (AvgIpc) is 2.28. The van der Waals surface area contributed by atoms with E-state index in [4.69, 9.17) is 4.74 Å². The fourth-order valence-corrected chi connectivity index (χ4v) is 3.08. The van der Waals surface area contributed by atoms with Gasteiger partial charge in [-0.3, -0.25) is 0 Å². The highest BCUT2D eigenvalue weighted by Crippen LogP contribution is 2.43. The number of hydrogen-bond acceptors (Lipinski definition) is 2. The molecule has 1 aromatic rings. The van der Waals surface area contributed by atoms with Crippen molar-refractivity contribution in [3.05, 3.63) is 35.4 Å². The molecule has 0 N–H and O–H groups in total. The molecule has 0 bridgehead atoms. The van der Waals surface area contributed by atoms with Crippen LogP contribution in [0.1, 0.15) is 44.2 Å². The molecule has 0 spiro atoms. The Morgan fingerprint density at radius 2 is 1.94 bits per heavy atom. The molecular formula is C16H22O2. The fraction of sp³-hybridized carbons (Fsp3) is 0.562. The second kappa shape index (κ2) is 4.85. The maximum absolute atomic E-state index is 11.1. The second-order valence-corrected chi connectivity index (χ2v) is 6.05. The number of rotatable bonds is 3. The maximum Gasteiger partial charge on any atom is 0.120 e. The van der Waals surface area contributed by atoms with Gasteiger partial charge in [-0.25, -0.2) is 0 Å². The van der Waals surface area contributed by atoms with E-state index in [0.717, 1.165) is 25.7 Å². The van der Waals surface area contributed by atoms with Crippen molar-refractivity contribution in [2.24, 2.45) is 0 Å². The van der Waals surface area contributed by atoms with Crippen molar-refractivity contribution in [2.45, 2.75) is 51.0 Å². The highest BCUT2D eigenvalue weighted by atomic mass is 16.5. The van der Waals surface area contributed by atoms with Crippen molar-refractivity contribution in [1.29, 1.82) is 0 Å². The van der Waals surface area contributed by atoms with E-state index in [0.29, 0.717) is 6.42 Å². The maximum atomic E-state index is 11.1. The lowest BCUT2D eigenvalue weighted by atomic mass is 9.67. The Morgan fingerprint density at radius 3 is 2.50 bits per heavy atom. The highest BCUT2D eigenvalue weighted by Gasteiger charge is 2.41. The molecule has 1 aliphatic rings. The normalized spacial score (nSPS) is 26.8. The first kappa shape index (κ1) is 13.3. The third-order valence-electron chi connectivity index (χ3n) is 3.98. The van der Waals surface area contributed by atoms with Gasteiger partial charge in [-0.15, -0.1) is 0 Å². The molecule has 0 amide bonds. The molecule has 0 aromatic heterocycles. The topological polar surface area (TPSA) is 26.3 Å². The molecule has 2 rings (SSSR count). The first-order valence-corrected chi connectivity index (χ1v) is 6.62. The molecule has 2 nitrogen and oxygen atoms in total. The van der Waals surface area contributed by atoms with Crippen LogP contribution in [0.25, 0.3) is 0 Å². The van der Waals surface area contributed by atoms with Crippen LogP contribution in [0.3, 0.4) is 0 Å². The number of aldehydes is 1. The van der Waals surface area contributed by atoms with Gasteiger partial charge in [0.2, 0.25) is 0 Å². The van der Waals surface area contributed by atoms with Crippen molar-refractivity contribution in [3.63, 3.8) is 0 Å². The Morgan fingerprint density at radius 1 is 1.28 bits per heavy atom. The van der Waals surface area contributed by atoms with Gasteiger partial charge < -0.3 is 9.53 Å². The standard InChI is InChI=1S/C16H22O2/c1-13-4-6-14(7-5-13)16(8-10-17)9-11-18-15(2,3)12-16/h4-7,10H,8-9,11-12H2,1-3H3. The number of ether oxygens (including phenoxy) is 1. The molecule has 1 fully saturated rings. The molecule has 18 heavy (non-hydrogen) atoms. The zero-order valence-corrected chi connectivity index (χ0v) is 11.5. The molecule has 98 valence electrons. The van der Waals surface area contributed by atoms with E-state index in [1.54, 1.807) is 0 Å². The zero-order valence-electron chi connectivity index (χ0n) is 11.5. The summed E-state index contributed by atoms with van der Waals surface area (Å²) >= 11 is 0. The van der Waals surface area contributed by atoms with Gasteiger partial charge in [0.05, 0.1) is 5.60 Å². The van der Waals surface area contributed by atoms with E-state index in [1.165, 1.54) is 11.1 Å². The SMILES string of the molecule is Cc1ccc(C2(CC=O)CCOC(C)(C)C2)cc1. The number of aryl methyl sites for hydroxylation is 1. The average molecular weight is 246 g/mol. The minimum atomic E-state index is -0.147. The van der Waals surface area contributed by atoms with E-state index in [9.17, 15) is 4.79 Å². The number of carbonyl (C=O) groups is 1. The monoisotopic (exact) mass is 246 g/mol. The van der Waals surface area contributed by atoms with Crippen molar-refractivity contribution in [3.8, 4) is 0 Å². The van der Waals surface area contributed by atoms with Gasteiger partial charge in [-0.05, 0) is 39.2 Å². The Hall–Kier alpha value is -1.15. The van der Waals surface area contributed by atoms with Gasteiger partial charge in [0.15, 0.2) is 0 Å². The smallest absolute Gasteiger partial charge is 0.120 e. The van der Waals surface area contributed by atoms with Crippen LogP contribution in [0, 0.1) is 6.92 Å². The van der Waals surface area contributed by atoms with Crippen LogP contribution in [0.2, 0.25) is 0 Å². The summed E-state index contributed by atoms with van der Waals surface area (Å²) < 4.78 is 5.80. The van der Waals surface area contributed by atoms with Gasteiger partial charge in [0.1, 0.15) is 6.29 Å². The minimum Gasteiger partial charge on any atom is -0.376 e. The first-order chi connectivity index (χ1) is 8.47. The van der Waals surface area contributed by atoms with Crippen molar-refractivity contribution in [2.75, 3.05) is 6.61 Å². The Labute approximate surface area is 109 Å². The summed E-state index contributed by atoms with van der Waals surface area (Å²) in [6, 6.07) is 8.59. The second-order valence-electron chi connectivity index (χ2n) is 6.05. The summed E-state index contributed by atoms with van der Waals surface area (Å²) in [4.78, 5) is 11.1. The van der Waals surface area contributed by atoms with Crippen molar-refractivity contribution >= 4 is 6.29 Å². The molecule has 0 aliphatic carbocycles. The molecule has 2 heteroatoms. The summed E-state index contributed by atoms with van der Waals surface area (Å²) in [6.45, 7) is 7.04. The van der Waals surface area contributed by atoms with Crippen LogP contribution in [0.5, 0.6) is 0 Å². The van der Waals surface area contributed by atoms with Gasteiger partial charge in [0, 0.05) is 18.4 Å². The van der Waals surface area contributed by atoms with Gasteiger partial charge >= 0.3 is 0 Å². The Bertz CT molecular complexity index is 419. The summed E-state index contributed by atoms with van der Waals surface area (Å²) in [6.07, 6.45) is 3.48. The van der Waals surface area contributed by atoms with Crippen LogP contribution < -0.4 is 0 Å².